The molecule has 2 N–H and O–H groups in total. The number of hydrogen-bond acceptors (Lipinski definition) is 10. The van der Waals surface area contributed by atoms with Crippen LogP contribution in [0.15, 0.2) is 151 Å². The van der Waals surface area contributed by atoms with E-state index >= 15 is 0 Å². The van der Waals surface area contributed by atoms with Crippen molar-refractivity contribution in [2.24, 2.45) is 5.11 Å². The average Bonchev–Trinajstić information content (AvgIpc) is 3.90. The Morgan fingerprint density at radius 3 is 1.50 bits per heavy atom. The van der Waals surface area contributed by atoms with Crippen molar-refractivity contribution in [1.29, 1.82) is 0 Å². The summed E-state index contributed by atoms with van der Waals surface area (Å²) < 4.78 is 81.3. The van der Waals surface area contributed by atoms with E-state index in [2.05, 4.69) is 30.4 Å². The van der Waals surface area contributed by atoms with Crippen molar-refractivity contribution in [3.8, 4) is 0 Å². The predicted molar refractivity (Wildman–Crippen MR) is 230 cm³/mol. The molecule has 0 aliphatic rings. The molecule has 0 spiro atoms. The Hall–Kier alpha value is -5.53. The number of nitrogens with one attached hydrogen (secondary N) is 2. The normalized spacial score (nSPS) is 11.2. The van der Waals surface area contributed by atoms with E-state index in [0.717, 1.165) is 36.0 Å². The van der Waals surface area contributed by atoms with Crippen molar-refractivity contribution in [3.05, 3.63) is 164 Å². The number of unbranched alkanes of at least 4 members (excludes halogenated alkanes) is 2. The molecule has 2 aromatic heterocycles. The maximum Gasteiger partial charge on any atom is 1.00 e. The summed E-state index contributed by atoms with van der Waals surface area (Å²) in [4.78, 5) is 4.81. The third-order valence-electron chi connectivity index (χ3n) is 9.26. The van der Waals surface area contributed by atoms with Gasteiger partial charge in [0.1, 0.15) is 0 Å². The van der Waals surface area contributed by atoms with Gasteiger partial charge in [0, 0.05) is 22.2 Å². The fourth-order valence-electron chi connectivity index (χ4n) is 6.15. The number of fused-ring (bicyclic) bond motifs is 2. The van der Waals surface area contributed by atoms with Crippen LogP contribution in [0.25, 0.3) is 48.2 Å². The van der Waals surface area contributed by atoms with Gasteiger partial charge in [0.05, 0.1) is 32.3 Å². The fourth-order valence-corrected chi connectivity index (χ4v) is 9.84. The summed E-state index contributed by atoms with van der Waals surface area (Å²) >= 11 is 0. The monoisotopic (exact) mass is 904 g/mol. The molecule has 0 atom stereocenters. The van der Waals surface area contributed by atoms with Gasteiger partial charge in [-0.25, -0.2) is 16.8 Å². The third-order valence-corrected chi connectivity index (χ3v) is 14.1. The fraction of sp³-hybridized carbons (Fsp3) is 0.220. The van der Waals surface area contributed by atoms with E-state index in [0.29, 0.717) is 47.6 Å². The first-order chi connectivity index (χ1) is 29.3. The largest absolute Gasteiger partial charge is 1.00 e. The van der Waals surface area contributed by atoms with Crippen LogP contribution in [0.1, 0.15) is 42.4 Å². The van der Waals surface area contributed by atoms with Gasteiger partial charge in [-0.1, -0.05) is 71.3 Å². The van der Waals surface area contributed by atoms with Gasteiger partial charge in [0.25, 0.3) is 10.1 Å². The van der Waals surface area contributed by atoms with Crippen LogP contribution in [0, 0.1) is 6.92 Å². The molecule has 0 bridgehead atoms. The van der Waals surface area contributed by atoms with Crippen molar-refractivity contribution in [2.45, 2.75) is 70.2 Å². The minimum Gasteiger partial charge on any atom is -0.373 e. The van der Waals surface area contributed by atoms with Crippen LogP contribution in [0.5, 0.6) is 0 Å². The van der Waals surface area contributed by atoms with Crippen molar-refractivity contribution in [2.75, 3.05) is 13.2 Å². The number of H-pyrrole nitrogens is 2. The number of sulfone groups is 2. The number of nitrogens with zero attached hydrogens (tertiary/aromatic N) is 8. The summed E-state index contributed by atoms with van der Waals surface area (Å²) in [5.74, 6) is 0. The van der Waals surface area contributed by atoms with Gasteiger partial charge in [-0.05, 0) is 123 Å². The Morgan fingerprint density at radius 2 is 1.05 bits per heavy atom. The number of rotatable bonds is 16. The maximum atomic E-state index is 13.0. The molecule has 5 aromatic carbocycles. The SMILES string of the molecule is Cc1ccc(S(=O)(=O)OCCCCc2ccc3n[nH]c(S(=O)(=O)c4ccccc4)c3c2)cc1.[N-]=[N+]=NCCCCc1ccc2n[nH]c(S(=O)(=O)c3ccccc3)c2c1.[N-]=[N+]=[N-].[Na+]. The predicted octanol–water partition coefficient (Wildman–Crippen LogP) is 6.33. The van der Waals surface area contributed by atoms with Crippen molar-refractivity contribution in [1.82, 2.24) is 20.4 Å². The Kier molecular flexibility index (Phi) is 18.3. The van der Waals surface area contributed by atoms with Crippen LogP contribution in [-0.2, 0) is 46.8 Å². The Labute approximate surface area is 381 Å². The second-order valence-corrected chi connectivity index (χ2v) is 18.9. The van der Waals surface area contributed by atoms with Gasteiger partial charge in [-0.15, -0.1) is 0 Å². The summed E-state index contributed by atoms with van der Waals surface area (Å²) in [5, 5.41) is 18.4. The maximum absolute atomic E-state index is 13.0. The summed E-state index contributed by atoms with van der Waals surface area (Å²) in [6, 6.07) is 34.2. The molecule has 316 valence electrons. The molecule has 0 amide bonds. The Bertz CT molecular complexity index is 2990. The molecule has 7 rings (SSSR count). The van der Waals surface area contributed by atoms with Crippen LogP contribution in [-0.4, -0.2) is 58.8 Å². The smallest absolute Gasteiger partial charge is 0.373 e. The number of aromatic amines is 2. The molecule has 21 heteroatoms. The topological polar surface area (TPSA) is 276 Å². The minimum atomic E-state index is -3.77. The quantitative estimate of drug-likeness (QED) is 0.0273. The van der Waals surface area contributed by atoms with Crippen LogP contribution in [0.4, 0.5) is 0 Å². The molecule has 0 saturated heterocycles. The molecular weight excluding hydrogens is 864 g/mol. The second kappa shape index (κ2) is 23.1. The molecule has 0 fully saturated rings. The first-order valence-electron chi connectivity index (χ1n) is 18.8. The number of aryl methyl sites for hydroxylation is 3. The van der Waals surface area contributed by atoms with Crippen LogP contribution in [0.3, 0.4) is 0 Å². The number of aromatic nitrogens is 4. The average molecular weight is 905 g/mol. The van der Waals surface area contributed by atoms with Gasteiger partial charge in [0.2, 0.25) is 19.7 Å². The summed E-state index contributed by atoms with van der Waals surface area (Å²) in [6.07, 6.45) is 4.33. The zero-order valence-electron chi connectivity index (χ0n) is 33.9. The second-order valence-electron chi connectivity index (χ2n) is 13.5. The molecule has 0 aliphatic heterocycles. The summed E-state index contributed by atoms with van der Waals surface area (Å²) in [5.41, 5.74) is 25.9. The molecule has 62 heavy (non-hydrogen) atoms. The van der Waals surface area contributed by atoms with E-state index < -0.39 is 29.8 Å². The van der Waals surface area contributed by atoms with E-state index in [1.807, 2.05) is 37.3 Å². The van der Waals surface area contributed by atoms with E-state index in [9.17, 15) is 25.3 Å². The van der Waals surface area contributed by atoms with Crippen molar-refractivity contribution < 1.29 is 59.0 Å². The minimum absolute atomic E-state index is 0. The molecule has 17 nitrogen and oxygen atoms in total. The molecule has 2 heterocycles. The third kappa shape index (κ3) is 12.8. The Balaban J connectivity index is 0.000000261. The zero-order chi connectivity index (χ0) is 43.9. The number of hydrogen-bond donors (Lipinski definition) is 2. The molecule has 0 unspecified atom stereocenters. The molecular formula is C41H41N10NaO7S3. The number of azide groups is 1. The number of benzene rings is 5. The van der Waals surface area contributed by atoms with E-state index in [1.54, 1.807) is 78.9 Å². The molecule has 7 aromatic rings. The van der Waals surface area contributed by atoms with Crippen LogP contribution in [0.2, 0.25) is 0 Å². The van der Waals surface area contributed by atoms with Gasteiger partial charge in [0.15, 0.2) is 10.1 Å². The first-order valence-corrected chi connectivity index (χ1v) is 23.2. The van der Waals surface area contributed by atoms with Crippen molar-refractivity contribution >= 4 is 51.6 Å². The molecule has 0 aliphatic carbocycles. The summed E-state index contributed by atoms with van der Waals surface area (Å²) in [7, 11) is -11.1. The van der Waals surface area contributed by atoms with Gasteiger partial charge < -0.3 is 11.1 Å². The van der Waals surface area contributed by atoms with E-state index in [1.165, 1.54) is 17.0 Å². The van der Waals surface area contributed by atoms with Crippen LogP contribution < -0.4 is 29.6 Å². The molecule has 0 saturated carbocycles. The van der Waals surface area contributed by atoms with Gasteiger partial charge in [-0.2, -0.15) is 18.6 Å². The first kappa shape index (κ1) is 49.1. The van der Waals surface area contributed by atoms with Crippen LogP contribution >= 0.6 is 0 Å². The van der Waals surface area contributed by atoms with Gasteiger partial charge >= 0.3 is 29.6 Å². The zero-order valence-corrected chi connectivity index (χ0v) is 38.3. The van der Waals surface area contributed by atoms with Gasteiger partial charge in [-0.3, -0.25) is 19.3 Å². The van der Waals surface area contributed by atoms with E-state index in [4.69, 9.17) is 20.8 Å². The standard InChI is InChI=1S/C24H24N2O5S2.C17H17N5O2S.N3.Na/c1-18-10-13-21(14-11-18)33(29,30)31-16-6-5-7-19-12-15-23-22(17-19)24(26-25-23)32(27,28)20-8-3-2-4-9-20;18-22-19-11-5-4-6-13-9-10-16-15(12-13)17(21-20-16)25(23,24)14-7-2-1-3-8-14;1-3-2;/h2-4,8-15,17H,5-7,16H2,1H3,(H,25,26);1-3,7-10,12H,4-6,11H2,(H,20,21);;/q;;-1;+1. The van der Waals surface area contributed by atoms with E-state index in [-0.39, 0.29) is 60.9 Å². The van der Waals surface area contributed by atoms with Crippen molar-refractivity contribution in [3.63, 3.8) is 0 Å². The molecule has 0 radical (unpaired) electrons. The Morgan fingerprint density at radius 1 is 0.597 bits per heavy atom. The summed E-state index contributed by atoms with van der Waals surface area (Å²) in [6.45, 7) is 2.44.